The normalized spacial score (nSPS) is 13.6. The standard InChI is InChI=1S/C11H13ClF3N/c1-3-7(2)16-10-5-4-8(12)6-9(10)11(13,14)15/h4-7,16H,3H2,1-2H3. The highest BCUT2D eigenvalue weighted by Crippen LogP contribution is 2.36. The summed E-state index contributed by atoms with van der Waals surface area (Å²) >= 11 is 5.57. The Morgan fingerprint density at radius 2 is 2.00 bits per heavy atom. The Balaban J connectivity index is 3.08. The van der Waals surface area contributed by atoms with Crippen LogP contribution in [0.1, 0.15) is 25.8 Å². The molecule has 1 aromatic rings. The number of hydrogen-bond donors (Lipinski definition) is 1. The molecule has 1 unspecified atom stereocenters. The third kappa shape index (κ3) is 3.30. The van der Waals surface area contributed by atoms with Crippen molar-refractivity contribution in [3.8, 4) is 0 Å². The van der Waals surface area contributed by atoms with Crippen LogP contribution in [-0.2, 0) is 6.18 Å². The van der Waals surface area contributed by atoms with Crippen molar-refractivity contribution in [2.75, 3.05) is 5.32 Å². The summed E-state index contributed by atoms with van der Waals surface area (Å²) in [6.45, 7) is 3.73. The highest BCUT2D eigenvalue weighted by molar-refractivity contribution is 6.30. The molecule has 1 N–H and O–H groups in total. The zero-order valence-electron chi connectivity index (χ0n) is 9.03. The molecule has 0 saturated carbocycles. The van der Waals surface area contributed by atoms with Crippen molar-refractivity contribution in [3.63, 3.8) is 0 Å². The smallest absolute Gasteiger partial charge is 0.382 e. The SMILES string of the molecule is CCC(C)Nc1ccc(Cl)cc1C(F)(F)F. The Morgan fingerprint density at radius 1 is 1.38 bits per heavy atom. The monoisotopic (exact) mass is 251 g/mol. The highest BCUT2D eigenvalue weighted by atomic mass is 35.5. The van der Waals surface area contributed by atoms with Gasteiger partial charge in [0, 0.05) is 16.8 Å². The van der Waals surface area contributed by atoms with E-state index in [1.165, 1.54) is 12.1 Å². The molecule has 0 radical (unpaired) electrons. The molecule has 0 fully saturated rings. The quantitative estimate of drug-likeness (QED) is 0.830. The van der Waals surface area contributed by atoms with E-state index in [-0.39, 0.29) is 16.8 Å². The Bertz CT molecular complexity index is 363. The minimum atomic E-state index is -4.39. The van der Waals surface area contributed by atoms with Crippen molar-refractivity contribution < 1.29 is 13.2 Å². The van der Waals surface area contributed by atoms with Gasteiger partial charge in [-0.25, -0.2) is 0 Å². The minimum absolute atomic E-state index is 0.0118. The molecule has 0 spiro atoms. The lowest BCUT2D eigenvalue weighted by molar-refractivity contribution is -0.137. The molecule has 1 nitrogen and oxygen atoms in total. The number of benzene rings is 1. The van der Waals surface area contributed by atoms with Crippen LogP contribution in [-0.4, -0.2) is 6.04 Å². The Morgan fingerprint density at radius 3 is 2.50 bits per heavy atom. The molecule has 1 atom stereocenters. The average Bonchev–Trinajstić information content (AvgIpc) is 2.19. The second-order valence-electron chi connectivity index (χ2n) is 3.64. The number of hydrogen-bond acceptors (Lipinski definition) is 1. The molecule has 16 heavy (non-hydrogen) atoms. The van der Waals surface area contributed by atoms with E-state index < -0.39 is 11.7 Å². The number of alkyl halides is 3. The molecule has 90 valence electrons. The van der Waals surface area contributed by atoms with Crippen LogP contribution in [0.3, 0.4) is 0 Å². The van der Waals surface area contributed by atoms with E-state index >= 15 is 0 Å². The van der Waals surface area contributed by atoms with E-state index in [4.69, 9.17) is 11.6 Å². The molecule has 0 saturated heterocycles. The van der Waals surface area contributed by atoms with Crippen LogP contribution in [0.15, 0.2) is 18.2 Å². The highest BCUT2D eigenvalue weighted by Gasteiger charge is 2.33. The van der Waals surface area contributed by atoms with Crippen molar-refractivity contribution in [2.24, 2.45) is 0 Å². The molecule has 0 aliphatic heterocycles. The molecule has 0 aromatic heterocycles. The first-order valence-corrected chi connectivity index (χ1v) is 5.35. The summed E-state index contributed by atoms with van der Waals surface area (Å²) in [6, 6.07) is 3.73. The first-order chi connectivity index (χ1) is 7.34. The lowest BCUT2D eigenvalue weighted by Crippen LogP contribution is -2.17. The fraction of sp³-hybridized carbons (Fsp3) is 0.455. The van der Waals surface area contributed by atoms with E-state index in [1.807, 2.05) is 13.8 Å². The van der Waals surface area contributed by atoms with Crippen LogP contribution < -0.4 is 5.32 Å². The minimum Gasteiger partial charge on any atom is -0.382 e. The van der Waals surface area contributed by atoms with Gasteiger partial charge in [-0.15, -0.1) is 0 Å². The van der Waals surface area contributed by atoms with E-state index in [9.17, 15) is 13.2 Å². The van der Waals surface area contributed by atoms with Crippen LogP contribution in [0.4, 0.5) is 18.9 Å². The van der Waals surface area contributed by atoms with Crippen molar-refractivity contribution in [3.05, 3.63) is 28.8 Å². The summed E-state index contributed by atoms with van der Waals surface area (Å²) in [5.41, 5.74) is -0.647. The van der Waals surface area contributed by atoms with Gasteiger partial charge in [0.1, 0.15) is 0 Å². The fourth-order valence-corrected chi connectivity index (χ4v) is 1.42. The lowest BCUT2D eigenvalue weighted by atomic mass is 10.1. The summed E-state index contributed by atoms with van der Waals surface area (Å²) in [4.78, 5) is 0. The zero-order valence-corrected chi connectivity index (χ0v) is 9.78. The third-order valence-corrected chi connectivity index (χ3v) is 2.54. The summed E-state index contributed by atoms with van der Waals surface area (Å²) in [5.74, 6) is 0. The maximum Gasteiger partial charge on any atom is 0.418 e. The van der Waals surface area contributed by atoms with Crippen molar-refractivity contribution in [1.29, 1.82) is 0 Å². The molecule has 0 aliphatic carbocycles. The van der Waals surface area contributed by atoms with Gasteiger partial charge in [0.2, 0.25) is 0 Å². The summed E-state index contributed by atoms with van der Waals surface area (Å²) in [5, 5.41) is 2.90. The van der Waals surface area contributed by atoms with Gasteiger partial charge in [-0.1, -0.05) is 18.5 Å². The Kier molecular flexibility index (Phi) is 4.08. The number of nitrogens with one attached hydrogen (secondary N) is 1. The maximum atomic E-state index is 12.7. The zero-order chi connectivity index (χ0) is 12.3. The lowest BCUT2D eigenvalue weighted by Gasteiger charge is -2.18. The molecule has 5 heteroatoms. The van der Waals surface area contributed by atoms with E-state index in [1.54, 1.807) is 0 Å². The van der Waals surface area contributed by atoms with Crippen LogP contribution in [0.2, 0.25) is 5.02 Å². The van der Waals surface area contributed by atoms with Crippen molar-refractivity contribution >= 4 is 17.3 Å². The van der Waals surface area contributed by atoms with Gasteiger partial charge >= 0.3 is 6.18 Å². The Hall–Kier alpha value is -0.900. The first kappa shape index (κ1) is 13.2. The van der Waals surface area contributed by atoms with Gasteiger partial charge in [-0.3, -0.25) is 0 Å². The van der Waals surface area contributed by atoms with Crippen LogP contribution in [0.25, 0.3) is 0 Å². The van der Waals surface area contributed by atoms with Gasteiger partial charge in [-0.2, -0.15) is 13.2 Å². The topological polar surface area (TPSA) is 12.0 Å². The van der Waals surface area contributed by atoms with Gasteiger partial charge in [0.15, 0.2) is 0 Å². The van der Waals surface area contributed by atoms with Gasteiger partial charge in [0.05, 0.1) is 5.56 Å². The first-order valence-electron chi connectivity index (χ1n) is 4.98. The largest absolute Gasteiger partial charge is 0.418 e. The second kappa shape index (κ2) is 4.95. The fourth-order valence-electron chi connectivity index (χ4n) is 1.24. The summed E-state index contributed by atoms with van der Waals surface area (Å²) in [6.07, 6.45) is -3.64. The van der Waals surface area contributed by atoms with E-state index in [0.717, 1.165) is 12.5 Å². The molecular weight excluding hydrogens is 239 g/mol. The molecule has 1 rings (SSSR count). The van der Waals surface area contributed by atoms with Crippen LogP contribution in [0.5, 0.6) is 0 Å². The third-order valence-electron chi connectivity index (χ3n) is 2.30. The molecule has 0 heterocycles. The molecule has 0 bridgehead atoms. The molecular formula is C11H13ClF3N. The summed E-state index contributed by atoms with van der Waals surface area (Å²) in [7, 11) is 0. The molecule has 1 aromatic carbocycles. The van der Waals surface area contributed by atoms with Crippen LogP contribution in [0, 0.1) is 0 Å². The number of anilines is 1. The van der Waals surface area contributed by atoms with Gasteiger partial charge < -0.3 is 5.32 Å². The maximum absolute atomic E-state index is 12.7. The predicted octanol–water partition coefficient (Wildman–Crippen LogP) is 4.57. The Labute approximate surface area is 97.6 Å². The summed E-state index contributed by atoms with van der Waals surface area (Å²) < 4.78 is 38.1. The van der Waals surface area contributed by atoms with E-state index in [2.05, 4.69) is 5.32 Å². The van der Waals surface area contributed by atoms with Crippen molar-refractivity contribution in [2.45, 2.75) is 32.5 Å². The second-order valence-corrected chi connectivity index (χ2v) is 4.08. The van der Waals surface area contributed by atoms with Crippen LogP contribution >= 0.6 is 11.6 Å². The predicted molar refractivity (Wildman–Crippen MR) is 59.8 cm³/mol. The van der Waals surface area contributed by atoms with Gasteiger partial charge in [0.25, 0.3) is 0 Å². The number of halogens is 4. The average molecular weight is 252 g/mol. The molecule has 0 aliphatic rings. The van der Waals surface area contributed by atoms with Crippen molar-refractivity contribution in [1.82, 2.24) is 0 Å². The molecule has 0 amide bonds. The number of rotatable bonds is 3. The van der Waals surface area contributed by atoms with E-state index in [0.29, 0.717) is 0 Å². The van der Waals surface area contributed by atoms with Gasteiger partial charge in [-0.05, 0) is 31.5 Å².